The molecule has 4 N–H and O–H groups in total. The lowest BCUT2D eigenvalue weighted by molar-refractivity contribution is -0.122. The first-order valence-electron chi connectivity index (χ1n) is 7.73. The van der Waals surface area contributed by atoms with Gasteiger partial charge < -0.3 is 21.1 Å². The summed E-state index contributed by atoms with van der Waals surface area (Å²) in [5.74, 6) is 0.948. The number of rotatable bonds is 12. The first-order valence-corrected chi connectivity index (χ1v) is 7.73. The highest BCUT2D eigenvalue weighted by Crippen LogP contribution is 2.20. The molecular weight excluding hydrogens is 270 g/mol. The average molecular weight is 301 g/mol. The van der Waals surface area contributed by atoms with Crippen molar-refractivity contribution >= 4 is 11.8 Å². The Balaban J connectivity index is 3.72. The molecule has 0 saturated carbocycles. The predicted molar refractivity (Wildman–Crippen MR) is 83.7 cm³/mol. The highest BCUT2D eigenvalue weighted by Gasteiger charge is 2.14. The molecule has 0 bridgehead atoms. The van der Waals surface area contributed by atoms with Crippen molar-refractivity contribution in [1.29, 1.82) is 0 Å². The van der Waals surface area contributed by atoms with Gasteiger partial charge in [0.05, 0.1) is 6.61 Å². The Labute approximate surface area is 128 Å². The molecule has 124 valence electrons. The Hall–Kier alpha value is -1.14. The average Bonchev–Trinajstić information content (AvgIpc) is 2.43. The molecule has 0 aliphatic rings. The molecule has 0 fully saturated rings. The van der Waals surface area contributed by atoms with Crippen LogP contribution in [-0.2, 0) is 14.3 Å². The van der Waals surface area contributed by atoms with E-state index in [9.17, 15) is 9.59 Å². The summed E-state index contributed by atoms with van der Waals surface area (Å²) in [7, 11) is 1.58. The van der Waals surface area contributed by atoms with Crippen LogP contribution in [0.15, 0.2) is 0 Å². The molecule has 0 spiro atoms. The number of hydrogen-bond acceptors (Lipinski definition) is 4. The predicted octanol–water partition coefficient (Wildman–Crippen LogP) is 0.657. The molecule has 1 atom stereocenters. The first kappa shape index (κ1) is 19.9. The van der Waals surface area contributed by atoms with E-state index in [4.69, 9.17) is 10.5 Å². The quantitative estimate of drug-likeness (QED) is 0.462. The minimum Gasteiger partial charge on any atom is -0.383 e. The summed E-state index contributed by atoms with van der Waals surface area (Å²) in [6, 6.07) is 0. The van der Waals surface area contributed by atoms with Gasteiger partial charge in [-0.3, -0.25) is 9.59 Å². The van der Waals surface area contributed by atoms with Gasteiger partial charge in [0.25, 0.3) is 0 Å². The van der Waals surface area contributed by atoms with Gasteiger partial charge in [-0.2, -0.15) is 0 Å². The van der Waals surface area contributed by atoms with Crippen molar-refractivity contribution in [2.75, 3.05) is 33.4 Å². The molecule has 6 nitrogen and oxygen atoms in total. The third kappa shape index (κ3) is 11.2. The van der Waals surface area contributed by atoms with Gasteiger partial charge in [-0.1, -0.05) is 13.8 Å². The highest BCUT2D eigenvalue weighted by molar-refractivity contribution is 5.78. The zero-order chi connectivity index (χ0) is 16.1. The molecule has 0 aliphatic heterocycles. The van der Waals surface area contributed by atoms with E-state index < -0.39 is 0 Å². The molecule has 0 saturated heterocycles. The van der Waals surface area contributed by atoms with Gasteiger partial charge in [0.1, 0.15) is 0 Å². The minimum atomic E-state index is -0.0736. The summed E-state index contributed by atoms with van der Waals surface area (Å²) < 4.78 is 4.83. The van der Waals surface area contributed by atoms with Crippen molar-refractivity contribution in [1.82, 2.24) is 10.6 Å². The monoisotopic (exact) mass is 301 g/mol. The number of carbonyl (C=O) groups is 2. The van der Waals surface area contributed by atoms with E-state index in [0.29, 0.717) is 50.9 Å². The Morgan fingerprint density at radius 1 is 1.05 bits per heavy atom. The highest BCUT2D eigenvalue weighted by atomic mass is 16.5. The zero-order valence-corrected chi connectivity index (χ0v) is 13.6. The fourth-order valence-electron chi connectivity index (χ4n) is 2.13. The van der Waals surface area contributed by atoms with Crippen LogP contribution >= 0.6 is 0 Å². The van der Waals surface area contributed by atoms with E-state index >= 15 is 0 Å². The van der Waals surface area contributed by atoms with E-state index in [0.717, 1.165) is 12.8 Å². The minimum absolute atomic E-state index is 0.00219. The first-order chi connectivity index (χ1) is 10.0. The third-order valence-electron chi connectivity index (χ3n) is 3.53. The van der Waals surface area contributed by atoms with Crippen LogP contribution in [0.4, 0.5) is 0 Å². The normalized spacial score (nSPS) is 12.2. The third-order valence-corrected chi connectivity index (χ3v) is 3.53. The SMILES string of the molecule is COCCNC(=O)CCNC(=O)CCC(CCN)C(C)C. The van der Waals surface area contributed by atoms with Crippen molar-refractivity contribution in [2.45, 2.75) is 39.5 Å². The zero-order valence-electron chi connectivity index (χ0n) is 13.6. The van der Waals surface area contributed by atoms with Crippen LogP contribution in [0.2, 0.25) is 0 Å². The molecule has 0 rings (SSSR count). The molecule has 0 aromatic rings. The van der Waals surface area contributed by atoms with Crippen molar-refractivity contribution in [3.05, 3.63) is 0 Å². The van der Waals surface area contributed by atoms with E-state index in [1.165, 1.54) is 0 Å². The number of carbonyl (C=O) groups excluding carboxylic acids is 2. The second-order valence-corrected chi connectivity index (χ2v) is 5.56. The Morgan fingerprint density at radius 2 is 1.67 bits per heavy atom. The summed E-state index contributed by atoms with van der Waals surface area (Å²) in [6.07, 6.45) is 2.59. The van der Waals surface area contributed by atoms with Gasteiger partial charge in [-0.15, -0.1) is 0 Å². The van der Waals surface area contributed by atoms with Gasteiger partial charge in [-0.25, -0.2) is 0 Å². The summed E-state index contributed by atoms with van der Waals surface area (Å²) in [6.45, 7) is 6.34. The fraction of sp³-hybridized carbons (Fsp3) is 0.867. The number of hydrogen-bond donors (Lipinski definition) is 3. The largest absolute Gasteiger partial charge is 0.383 e. The van der Waals surface area contributed by atoms with Crippen LogP contribution < -0.4 is 16.4 Å². The summed E-state index contributed by atoms with van der Waals surface area (Å²) >= 11 is 0. The number of nitrogens with one attached hydrogen (secondary N) is 2. The van der Waals surface area contributed by atoms with Crippen LogP contribution in [-0.4, -0.2) is 45.2 Å². The van der Waals surface area contributed by atoms with Crippen molar-refractivity contribution < 1.29 is 14.3 Å². The smallest absolute Gasteiger partial charge is 0.221 e. The maximum Gasteiger partial charge on any atom is 0.221 e. The molecule has 6 heteroatoms. The van der Waals surface area contributed by atoms with Gasteiger partial charge in [0.15, 0.2) is 0 Å². The molecular formula is C15H31N3O3. The molecule has 0 aliphatic carbocycles. The van der Waals surface area contributed by atoms with E-state index in [2.05, 4.69) is 24.5 Å². The Kier molecular flexibility index (Phi) is 11.9. The standard InChI is InChI=1S/C15H31N3O3/c1-12(2)13(6-8-16)4-5-14(19)17-9-7-15(20)18-10-11-21-3/h12-13H,4-11,16H2,1-3H3,(H,17,19)(H,18,20). The number of methoxy groups -OCH3 is 1. The number of amides is 2. The summed E-state index contributed by atoms with van der Waals surface area (Å²) in [4.78, 5) is 23.1. The lowest BCUT2D eigenvalue weighted by atomic mass is 9.88. The fourth-order valence-corrected chi connectivity index (χ4v) is 2.13. The molecule has 1 unspecified atom stereocenters. The van der Waals surface area contributed by atoms with E-state index in [1.807, 2.05) is 0 Å². The van der Waals surface area contributed by atoms with Crippen molar-refractivity contribution in [3.8, 4) is 0 Å². The van der Waals surface area contributed by atoms with Gasteiger partial charge >= 0.3 is 0 Å². The van der Waals surface area contributed by atoms with Crippen LogP contribution in [0.3, 0.4) is 0 Å². The lowest BCUT2D eigenvalue weighted by Crippen LogP contribution is -2.32. The van der Waals surface area contributed by atoms with Gasteiger partial charge in [0.2, 0.25) is 11.8 Å². The van der Waals surface area contributed by atoms with Gasteiger partial charge in [-0.05, 0) is 31.2 Å². The van der Waals surface area contributed by atoms with Crippen LogP contribution in [0.1, 0.15) is 39.5 Å². The lowest BCUT2D eigenvalue weighted by Gasteiger charge is -2.19. The molecule has 21 heavy (non-hydrogen) atoms. The topological polar surface area (TPSA) is 93.5 Å². The van der Waals surface area contributed by atoms with Crippen LogP contribution in [0, 0.1) is 11.8 Å². The summed E-state index contributed by atoms with van der Waals surface area (Å²) in [5, 5.41) is 5.49. The Morgan fingerprint density at radius 3 is 2.24 bits per heavy atom. The van der Waals surface area contributed by atoms with Gasteiger partial charge in [0, 0.05) is 33.0 Å². The molecule has 0 heterocycles. The van der Waals surface area contributed by atoms with Crippen LogP contribution in [0.25, 0.3) is 0 Å². The maximum absolute atomic E-state index is 11.7. The molecule has 2 amide bonds. The van der Waals surface area contributed by atoms with E-state index in [1.54, 1.807) is 7.11 Å². The number of ether oxygens (including phenoxy) is 1. The molecule has 0 radical (unpaired) electrons. The van der Waals surface area contributed by atoms with Crippen LogP contribution in [0.5, 0.6) is 0 Å². The molecule has 0 aromatic heterocycles. The maximum atomic E-state index is 11.7. The molecule has 0 aromatic carbocycles. The second kappa shape index (κ2) is 12.6. The second-order valence-electron chi connectivity index (χ2n) is 5.56. The summed E-state index contributed by atoms with van der Waals surface area (Å²) in [5.41, 5.74) is 5.58. The van der Waals surface area contributed by atoms with E-state index in [-0.39, 0.29) is 11.8 Å². The Bertz CT molecular complexity index is 296. The van der Waals surface area contributed by atoms with Crippen molar-refractivity contribution in [3.63, 3.8) is 0 Å². The number of nitrogens with two attached hydrogens (primary N) is 1. The van der Waals surface area contributed by atoms with Crippen molar-refractivity contribution in [2.24, 2.45) is 17.6 Å².